The number of carbonyl (C=O) groups excluding carboxylic acids is 1. The first-order chi connectivity index (χ1) is 13.9. The maximum Gasteiger partial charge on any atom is 0.417 e. The van der Waals surface area contributed by atoms with Crippen LogP contribution in [0.5, 0.6) is 11.5 Å². The summed E-state index contributed by atoms with van der Waals surface area (Å²) in [5.74, 6) is -11.6. The van der Waals surface area contributed by atoms with Gasteiger partial charge >= 0.3 is 6.09 Å². The highest BCUT2D eigenvalue weighted by molar-refractivity contribution is 5.86. The van der Waals surface area contributed by atoms with Crippen LogP contribution < -0.4 is 14.8 Å². The molecule has 0 aromatic heterocycles. The second-order valence-electron chi connectivity index (χ2n) is 5.71. The van der Waals surface area contributed by atoms with E-state index < -0.39 is 47.5 Å². The number of nitrogens with one attached hydrogen (secondary N) is 1. The minimum absolute atomic E-state index is 0.345. The van der Waals surface area contributed by atoms with Crippen LogP contribution in [0.3, 0.4) is 0 Å². The molecule has 0 unspecified atom stereocenters. The van der Waals surface area contributed by atoms with E-state index >= 15 is 0 Å². The average Bonchev–Trinajstić information content (AvgIpc) is 2.72. The molecule has 0 saturated carbocycles. The summed E-state index contributed by atoms with van der Waals surface area (Å²) >= 11 is 0. The van der Waals surface area contributed by atoms with Crippen molar-refractivity contribution >= 4 is 11.8 Å². The quantitative estimate of drug-likeness (QED) is 0.340. The lowest BCUT2D eigenvalue weighted by Gasteiger charge is -2.11. The first kappa shape index (κ1) is 20.1. The largest absolute Gasteiger partial charge is 0.483 e. The molecule has 29 heavy (non-hydrogen) atoms. The van der Waals surface area contributed by atoms with Crippen molar-refractivity contribution in [3.63, 3.8) is 0 Å². The Labute approximate surface area is 161 Å². The van der Waals surface area contributed by atoms with Crippen LogP contribution in [-0.4, -0.2) is 6.09 Å². The molecule has 0 atom stereocenters. The van der Waals surface area contributed by atoms with Crippen LogP contribution in [0.15, 0.2) is 54.6 Å². The molecule has 0 bridgehead atoms. The SMILES string of the molecule is O=C(Nc1ccc(COc2c(F)c(F)c(F)c(F)c2F)cc1)Oc1ccccc1. The molecule has 150 valence electrons. The molecule has 0 heterocycles. The van der Waals surface area contributed by atoms with Gasteiger partial charge in [0.25, 0.3) is 0 Å². The van der Waals surface area contributed by atoms with Gasteiger partial charge in [-0.3, -0.25) is 5.32 Å². The summed E-state index contributed by atoms with van der Waals surface area (Å²) in [6, 6.07) is 14.1. The second-order valence-corrected chi connectivity index (χ2v) is 5.71. The molecule has 1 amide bonds. The monoisotopic (exact) mass is 409 g/mol. The maximum atomic E-state index is 13.6. The normalized spacial score (nSPS) is 10.5. The number of hydrogen-bond donors (Lipinski definition) is 1. The van der Waals surface area contributed by atoms with Crippen molar-refractivity contribution in [2.45, 2.75) is 6.61 Å². The van der Waals surface area contributed by atoms with E-state index in [1.165, 1.54) is 24.3 Å². The van der Waals surface area contributed by atoms with Crippen molar-refractivity contribution < 1.29 is 36.2 Å². The summed E-state index contributed by atoms with van der Waals surface area (Å²) in [4.78, 5) is 11.8. The molecule has 1 N–H and O–H groups in total. The van der Waals surface area contributed by atoms with Crippen LogP contribution in [0.4, 0.5) is 32.4 Å². The van der Waals surface area contributed by atoms with Gasteiger partial charge in [0.15, 0.2) is 5.75 Å². The molecule has 0 aliphatic heterocycles. The van der Waals surface area contributed by atoms with Gasteiger partial charge in [-0.25, -0.2) is 18.0 Å². The van der Waals surface area contributed by atoms with Crippen LogP contribution in [0, 0.1) is 29.1 Å². The molecule has 0 fully saturated rings. The van der Waals surface area contributed by atoms with E-state index in [9.17, 15) is 26.7 Å². The fourth-order valence-corrected chi connectivity index (χ4v) is 2.29. The molecule has 0 radical (unpaired) electrons. The van der Waals surface area contributed by atoms with E-state index in [-0.39, 0.29) is 0 Å². The van der Waals surface area contributed by atoms with Crippen LogP contribution in [0.1, 0.15) is 5.56 Å². The van der Waals surface area contributed by atoms with Gasteiger partial charge in [0, 0.05) is 5.69 Å². The first-order valence-corrected chi connectivity index (χ1v) is 8.14. The fraction of sp³-hybridized carbons (Fsp3) is 0.0500. The first-order valence-electron chi connectivity index (χ1n) is 8.14. The van der Waals surface area contributed by atoms with Crippen molar-refractivity contribution in [3.05, 3.63) is 89.2 Å². The number of carbonyl (C=O) groups is 1. The number of anilines is 1. The number of halogens is 5. The van der Waals surface area contributed by atoms with E-state index in [0.29, 0.717) is 17.0 Å². The molecule has 9 heteroatoms. The van der Waals surface area contributed by atoms with Crippen LogP contribution in [0.2, 0.25) is 0 Å². The molecule has 3 aromatic rings. The minimum Gasteiger partial charge on any atom is -0.483 e. The highest BCUT2D eigenvalue weighted by Gasteiger charge is 2.27. The molecule has 0 spiro atoms. The van der Waals surface area contributed by atoms with Crippen LogP contribution >= 0.6 is 0 Å². The Morgan fingerprint density at radius 1 is 0.759 bits per heavy atom. The molecule has 4 nitrogen and oxygen atoms in total. The Bertz CT molecular complexity index is 998. The van der Waals surface area contributed by atoms with Gasteiger partial charge in [-0.15, -0.1) is 0 Å². The topological polar surface area (TPSA) is 47.6 Å². The van der Waals surface area contributed by atoms with E-state index in [0.717, 1.165) is 0 Å². The standard InChI is InChI=1S/C20H12F5NO3/c21-14-15(22)17(24)19(18(25)16(14)23)28-10-11-6-8-12(9-7-11)26-20(27)29-13-4-2-1-3-5-13/h1-9H,10H2,(H,26,27). The predicted molar refractivity (Wildman–Crippen MR) is 93.1 cm³/mol. The van der Waals surface area contributed by atoms with Crippen molar-refractivity contribution in [1.29, 1.82) is 0 Å². The van der Waals surface area contributed by atoms with Crippen molar-refractivity contribution in [1.82, 2.24) is 0 Å². The number of benzene rings is 3. The zero-order valence-electron chi connectivity index (χ0n) is 14.5. The van der Waals surface area contributed by atoms with Crippen molar-refractivity contribution in [3.8, 4) is 11.5 Å². The summed E-state index contributed by atoms with van der Waals surface area (Å²) in [7, 11) is 0. The summed E-state index contributed by atoms with van der Waals surface area (Å²) in [5, 5.41) is 2.47. The highest BCUT2D eigenvalue weighted by Crippen LogP contribution is 2.29. The molecule has 3 rings (SSSR count). The summed E-state index contributed by atoms with van der Waals surface area (Å²) in [6.07, 6.45) is -0.735. The zero-order chi connectivity index (χ0) is 21.0. The summed E-state index contributed by atoms with van der Waals surface area (Å²) < 4.78 is 76.3. The Kier molecular flexibility index (Phi) is 5.96. The van der Waals surface area contributed by atoms with Gasteiger partial charge in [0.1, 0.15) is 12.4 Å². The maximum absolute atomic E-state index is 13.6. The van der Waals surface area contributed by atoms with Gasteiger partial charge in [0.2, 0.25) is 29.1 Å². The van der Waals surface area contributed by atoms with E-state index in [4.69, 9.17) is 9.47 Å². The molecule has 3 aromatic carbocycles. The van der Waals surface area contributed by atoms with Gasteiger partial charge in [-0.05, 0) is 29.8 Å². The third-order valence-electron chi connectivity index (χ3n) is 3.71. The van der Waals surface area contributed by atoms with Gasteiger partial charge in [-0.1, -0.05) is 30.3 Å². The molecule has 0 saturated heterocycles. The number of rotatable bonds is 5. The Morgan fingerprint density at radius 2 is 1.31 bits per heavy atom. The number of para-hydroxylation sites is 1. The van der Waals surface area contributed by atoms with E-state index in [1.54, 1.807) is 30.3 Å². The summed E-state index contributed by atoms with van der Waals surface area (Å²) in [5.41, 5.74) is 0.710. The highest BCUT2D eigenvalue weighted by atomic mass is 19.2. The Hall–Kier alpha value is -3.62. The number of hydrogen-bond acceptors (Lipinski definition) is 3. The molecular formula is C20H12F5NO3. The third-order valence-corrected chi connectivity index (χ3v) is 3.71. The minimum atomic E-state index is -2.26. The average molecular weight is 409 g/mol. The lowest BCUT2D eigenvalue weighted by Crippen LogP contribution is -2.16. The molecule has 0 aliphatic carbocycles. The fourth-order valence-electron chi connectivity index (χ4n) is 2.29. The van der Waals surface area contributed by atoms with E-state index in [1.807, 2.05) is 0 Å². The zero-order valence-corrected chi connectivity index (χ0v) is 14.5. The van der Waals surface area contributed by atoms with Gasteiger partial charge < -0.3 is 9.47 Å². The smallest absolute Gasteiger partial charge is 0.417 e. The summed E-state index contributed by atoms with van der Waals surface area (Å²) in [6.45, 7) is -0.465. The second kappa shape index (κ2) is 8.59. The van der Waals surface area contributed by atoms with Gasteiger partial charge in [-0.2, -0.15) is 8.78 Å². The third kappa shape index (κ3) is 4.63. The Morgan fingerprint density at radius 3 is 1.90 bits per heavy atom. The van der Waals surface area contributed by atoms with Crippen LogP contribution in [0.25, 0.3) is 0 Å². The van der Waals surface area contributed by atoms with Gasteiger partial charge in [0.05, 0.1) is 0 Å². The van der Waals surface area contributed by atoms with Crippen LogP contribution in [-0.2, 0) is 6.61 Å². The van der Waals surface area contributed by atoms with Crippen molar-refractivity contribution in [2.75, 3.05) is 5.32 Å². The predicted octanol–water partition coefficient (Wildman–Crippen LogP) is 5.57. The van der Waals surface area contributed by atoms with E-state index in [2.05, 4.69) is 5.32 Å². The lowest BCUT2D eigenvalue weighted by atomic mass is 10.2. The number of amides is 1. The van der Waals surface area contributed by atoms with Crippen molar-refractivity contribution in [2.24, 2.45) is 0 Å². The number of ether oxygens (including phenoxy) is 2. The molecule has 0 aliphatic rings. The Balaban J connectivity index is 1.62. The molecular weight excluding hydrogens is 397 g/mol. The lowest BCUT2D eigenvalue weighted by molar-refractivity contribution is 0.215.